The highest BCUT2D eigenvalue weighted by Gasteiger charge is 2.38. The van der Waals surface area contributed by atoms with Crippen LogP contribution in [-0.2, 0) is 4.79 Å². The predicted octanol–water partition coefficient (Wildman–Crippen LogP) is 5.27. The van der Waals surface area contributed by atoms with Crippen LogP contribution in [0.25, 0.3) is 0 Å². The van der Waals surface area contributed by atoms with Gasteiger partial charge in [0, 0.05) is 30.5 Å². The molecule has 2 amide bonds. The zero-order chi connectivity index (χ0) is 21.3. The molecule has 30 heavy (non-hydrogen) atoms. The molecule has 4 rings (SSSR count). The van der Waals surface area contributed by atoms with Crippen LogP contribution < -0.4 is 9.80 Å². The summed E-state index contributed by atoms with van der Waals surface area (Å²) in [5.74, 6) is -0.233. The lowest BCUT2D eigenvalue weighted by Gasteiger charge is -2.43. The van der Waals surface area contributed by atoms with Crippen LogP contribution in [-0.4, -0.2) is 22.8 Å². The van der Waals surface area contributed by atoms with Crippen molar-refractivity contribution in [3.63, 3.8) is 0 Å². The molecule has 1 aliphatic rings. The summed E-state index contributed by atoms with van der Waals surface area (Å²) in [6, 6.07) is 20.4. The number of halogens is 1. The highest BCUT2D eigenvalue weighted by atomic mass is 35.5. The molecule has 0 spiro atoms. The lowest BCUT2D eigenvalue weighted by Crippen LogP contribution is -2.47. The van der Waals surface area contributed by atoms with Crippen molar-refractivity contribution in [1.82, 2.24) is 4.98 Å². The molecule has 0 bridgehead atoms. The lowest BCUT2D eigenvalue weighted by molar-refractivity contribution is -0.117. The molecule has 3 aromatic rings. The summed E-state index contributed by atoms with van der Waals surface area (Å²) in [6.45, 7) is 3.57. The quantitative estimate of drug-likeness (QED) is 0.543. The Labute approximate surface area is 180 Å². The molecule has 6 heteroatoms. The molecule has 2 atom stereocenters. The largest absolute Gasteiger partial charge is 0.305 e. The van der Waals surface area contributed by atoms with Crippen LogP contribution in [0.3, 0.4) is 0 Å². The fourth-order valence-corrected chi connectivity index (χ4v) is 4.38. The number of carbonyl (C=O) groups is 2. The maximum Gasteiger partial charge on any atom is 0.261 e. The first-order valence-corrected chi connectivity index (χ1v) is 10.2. The first kappa shape index (κ1) is 20.1. The first-order valence-electron chi connectivity index (χ1n) is 9.87. The van der Waals surface area contributed by atoms with Gasteiger partial charge >= 0.3 is 0 Å². The predicted molar refractivity (Wildman–Crippen MR) is 119 cm³/mol. The second-order valence-electron chi connectivity index (χ2n) is 7.40. The number of hydrogen-bond donors (Lipinski definition) is 0. The number of nitrogens with zero attached hydrogens (tertiary/aromatic N) is 3. The number of para-hydroxylation sites is 2. The summed E-state index contributed by atoms with van der Waals surface area (Å²) in [5, 5.41) is 0.184. The summed E-state index contributed by atoms with van der Waals surface area (Å²) in [6.07, 6.45) is 2.17. The Morgan fingerprint density at radius 3 is 2.43 bits per heavy atom. The third-order valence-electron chi connectivity index (χ3n) is 5.45. The molecular weight excluding hydrogens is 398 g/mol. The molecule has 2 unspecified atom stereocenters. The van der Waals surface area contributed by atoms with Gasteiger partial charge in [-0.15, -0.1) is 0 Å². The Bertz CT molecular complexity index is 1090. The van der Waals surface area contributed by atoms with Crippen LogP contribution in [0.15, 0.2) is 72.9 Å². The van der Waals surface area contributed by atoms with E-state index >= 15 is 0 Å². The van der Waals surface area contributed by atoms with E-state index < -0.39 is 0 Å². The van der Waals surface area contributed by atoms with Gasteiger partial charge in [0.25, 0.3) is 5.91 Å². The maximum absolute atomic E-state index is 13.4. The van der Waals surface area contributed by atoms with Crippen LogP contribution in [0.5, 0.6) is 0 Å². The van der Waals surface area contributed by atoms with Gasteiger partial charge < -0.3 is 9.80 Å². The number of rotatable bonds is 3. The van der Waals surface area contributed by atoms with E-state index in [0.29, 0.717) is 12.0 Å². The van der Waals surface area contributed by atoms with Gasteiger partial charge in [-0.05, 0) is 49.2 Å². The minimum atomic E-state index is -0.194. The zero-order valence-electron chi connectivity index (χ0n) is 16.8. The fraction of sp³-hybridized carbons (Fsp3) is 0.208. The van der Waals surface area contributed by atoms with E-state index in [1.807, 2.05) is 66.4 Å². The molecule has 5 nitrogen and oxygen atoms in total. The van der Waals surface area contributed by atoms with E-state index in [1.165, 1.54) is 0 Å². The number of fused-ring (bicyclic) bond motifs is 1. The first-order chi connectivity index (χ1) is 14.5. The number of aromatic nitrogens is 1. The van der Waals surface area contributed by atoms with Crippen molar-refractivity contribution in [2.75, 3.05) is 9.80 Å². The number of anilines is 2. The molecule has 152 valence electrons. The van der Waals surface area contributed by atoms with Crippen molar-refractivity contribution in [3.8, 4) is 0 Å². The second-order valence-corrected chi connectivity index (χ2v) is 7.76. The van der Waals surface area contributed by atoms with Crippen molar-refractivity contribution in [1.29, 1.82) is 0 Å². The van der Waals surface area contributed by atoms with Crippen molar-refractivity contribution < 1.29 is 9.59 Å². The van der Waals surface area contributed by atoms with Crippen LogP contribution in [0, 0.1) is 0 Å². The molecule has 0 N–H and O–H groups in total. The zero-order valence-corrected chi connectivity index (χ0v) is 17.6. The van der Waals surface area contributed by atoms with E-state index in [1.54, 1.807) is 30.2 Å². The van der Waals surface area contributed by atoms with Gasteiger partial charge in [0.05, 0.1) is 11.6 Å². The standard InChI is InChI=1S/C24H22ClN3O2/c1-16-15-22(28(17(2)29)18-9-4-3-5-10-18)19-11-6-7-13-21(19)27(16)24(30)20-12-8-14-26-23(20)25/h3-14,16,22H,15H2,1-2H3. The lowest BCUT2D eigenvalue weighted by atomic mass is 9.89. The Balaban J connectivity index is 1.80. The summed E-state index contributed by atoms with van der Waals surface area (Å²) < 4.78 is 0. The van der Waals surface area contributed by atoms with Gasteiger partial charge in [-0.2, -0.15) is 0 Å². The highest BCUT2D eigenvalue weighted by Crippen LogP contribution is 2.42. The molecule has 2 aromatic carbocycles. The minimum absolute atomic E-state index is 0.0386. The van der Waals surface area contributed by atoms with Crippen molar-refractivity contribution in [2.24, 2.45) is 0 Å². The SMILES string of the molecule is CC(=O)N(c1ccccc1)C1CC(C)N(C(=O)c2cccnc2Cl)c2ccccc21. The van der Waals surface area contributed by atoms with Crippen LogP contribution in [0.4, 0.5) is 11.4 Å². The Morgan fingerprint density at radius 1 is 1.03 bits per heavy atom. The average Bonchev–Trinajstić information content (AvgIpc) is 2.74. The maximum atomic E-state index is 13.4. The Kier molecular flexibility index (Phi) is 5.55. The molecule has 0 saturated carbocycles. The van der Waals surface area contributed by atoms with Gasteiger partial charge in [-0.25, -0.2) is 4.98 Å². The van der Waals surface area contributed by atoms with E-state index in [9.17, 15) is 9.59 Å². The monoisotopic (exact) mass is 419 g/mol. The number of hydrogen-bond acceptors (Lipinski definition) is 3. The van der Waals surface area contributed by atoms with Crippen molar-refractivity contribution >= 4 is 34.8 Å². The highest BCUT2D eigenvalue weighted by molar-refractivity contribution is 6.33. The molecule has 0 aliphatic carbocycles. The van der Waals surface area contributed by atoms with Gasteiger partial charge in [0.2, 0.25) is 5.91 Å². The smallest absolute Gasteiger partial charge is 0.261 e. The summed E-state index contributed by atoms with van der Waals surface area (Å²) in [4.78, 5) is 33.7. The molecule has 2 heterocycles. The van der Waals surface area contributed by atoms with Crippen LogP contribution in [0.2, 0.25) is 5.15 Å². The van der Waals surface area contributed by atoms with Crippen molar-refractivity contribution in [3.05, 3.63) is 89.2 Å². The fourth-order valence-electron chi connectivity index (χ4n) is 4.18. The molecule has 0 saturated heterocycles. The third kappa shape index (κ3) is 3.57. The molecule has 1 aliphatic heterocycles. The molecular formula is C24H22ClN3O2. The van der Waals surface area contributed by atoms with Gasteiger partial charge in [0.1, 0.15) is 5.15 Å². The third-order valence-corrected chi connectivity index (χ3v) is 5.76. The number of carbonyl (C=O) groups excluding carboxylic acids is 2. The number of amides is 2. The normalized spacial score (nSPS) is 17.9. The molecule has 1 aromatic heterocycles. The van der Waals surface area contributed by atoms with Gasteiger partial charge in [0.15, 0.2) is 0 Å². The van der Waals surface area contributed by atoms with Gasteiger partial charge in [-0.1, -0.05) is 48.0 Å². The van der Waals surface area contributed by atoms with Crippen LogP contribution in [0.1, 0.15) is 42.2 Å². The summed E-state index contributed by atoms with van der Waals surface area (Å²) in [7, 11) is 0. The molecule has 0 fully saturated rings. The van der Waals surface area contributed by atoms with Gasteiger partial charge in [-0.3, -0.25) is 9.59 Å². The van der Waals surface area contributed by atoms with E-state index in [-0.39, 0.29) is 29.1 Å². The Morgan fingerprint density at radius 2 is 1.73 bits per heavy atom. The second kappa shape index (κ2) is 8.28. The summed E-state index contributed by atoms with van der Waals surface area (Å²) >= 11 is 6.20. The van der Waals surface area contributed by atoms with Crippen LogP contribution >= 0.6 is 11.6 Å². The molecule has 0 radical (unpaired) electrons. The van der Waals surface area contributed by atoms with Crippen molar-refractivity contribution in [2.45, 2.75) is 32.4 Å². The number of benzene rings is 2. The Hall–Kier alpha value is -3.18. The summed E-state index contributed by atoms with van der Waals surface area (Å²) in [5.41, 5.74) is 2.93. The number of pyridine rings is 1. The average molecular weight is 420 g/mol. The van der Waals surface area contributed by atoms with E-state index in [4.69, 9.17) is 11.6 Å². The van der Waals surface area contributed by atoms with E-state index in [0.717, 1.165) is 16.9 Å². The topological polar surface area (TPSA) is 53.5 Å². The van der Waals surface area contributed by atoms with E-state index in [2.05, 4.69) is 4.98 Å². The minimum Gasteiger partial charge on any atom is -0.305 e.